The monoisotopic (exact) mass is 299 g/mol. The number of aromatic nitrogens is 1. The van der Waals surface area contributed by atoms with Crippen molar-refractivity contribution in [1.82, 2.24) is 4.98 Å². The molecule has 0 radical (unpaired) electrons. The van der Waals surface area contributed by atoms with Crippen LogP contribution in [0.3, 0.4) is 0 Å². The van der Waals surface area contributed by atoms with Crippen LogP contribution in [0.1, 0.15) is 32.3 Å². The third-order valence-corrected chi connectivity index (χ3v) is 3.86. The lowest BCUT2D eigenvalue weighted by Gasteiger charge is -2.13. The van der Waals surface area contributed by atoms with Gasteiger partial charge in [0.05, 0.1) is 6.20 Å². The number of rotatable bonds is 9. The molecule has 0 aliphatic carbocycles. The highest BCUT2D eigenvalue weighted by Crippen LogP contribution is 2.18. The van der Waals surface area contributed by atoms with Gasteiger partial charge in [-0.15, -0.1) is 0 Å². The first-order valence-corrected chi connectivity index (χ1v) is 8.06. The Hall–Kier alpha value is -2.03. The minimum Gasteiger partial charge on any atom is -0.490 e. The fourth-order valence-electron chi connectivity index (χ4n) is 2.38. The summed E-state index contributed by atoms with van der Waals surface area (Å²) in [6, 6.07) is 12.2. The zero-order valence-corrected chi connectivity index (χ0v) is 13.5. The van der Waals surface area contributed by atoms with E-state index in [4.69, 9.17) is 9.47 Å². The van der Waals surface area contributed by atoms with Crippen LogP contribution in [0.4, 0.5) is 0 Å². The van der Waals surface area contributed by atoms with Crippen LogP contribution in [0, 0.1) is 5.92 Å². The van der Waals surface area contributed by atoms with E-state index in [2.05, 4.69) is 31.0 Å². The maximum absolute atomic E-state index is 5.69. The van der Waals surface area contributed by atoms with E-state index < -0.39 is 0 Å². The molecule has 0 aliphatic rings. The van der Waals surface area contributed by atoms with Crippen molar-refractivity contribution in [1.29, 1.82) is 0 Å². The third kappa shape index (κ3) is 5.40. The van der Waals surface area contributed by atoms with E-state index in [0.29, 0.717) is 13.2 Å². The van der Waals surface area contributed by atoms with E-state index in [1.165, 1.54) is 18.4 Å². The average molecular weight is 299 g/mol. The highest BCUT2D eigenvalue weighted by Gasteiger charge is 2.05. The summed E-state index contributed by atoms with van der Waals surface area (Å²) < 4.78 is 11.2. The van der Waals surface area contributed by atoms with Crippen LogP contribution >= 0.6 is 0 Å². The van der Waals surface area contributed by atoms with E-state index in [-0.39, 0.29) is 0 Å². The van der Waals surface area contributed by atoms with E-state index in [1.54, 1.807) is 12.4 Å². The Labute approximate surface area is 133 Å². The van der Waals surface area contributed by atoms with Crippen LogP contribution in [-0.2, 0) is 6.42 Å². The lowest BCUT2D eigenvalue weighted by atomic mass is 9.95. The lowest BCUT2D eigenvalue weighted by molar-refractivity contribution is 0.216. The van der Waals surface area contributed by atoms with Gasteiger partial charge in [0, 0.05) is 6.20 Å². The average Bonchev–Trinajstić information content (AvgIpc) is 2.58. The van der Waals surface area contributed by atoms with E-state index in [9.17, 15) is 0 Å². The Morgan fingerprint density at radius 1 is 0.909 bits per heavy atom. The highest BCUT2D eigenvalue weighted by atomic mass is 16.5. The fraction of sp³-hybridized carbons (Fsp3) is 0.421. The van der Waals surface area contributed by atoms with Gasteiger partial charge < -0.3 is 9.47 Å². The normalized spacial score (nSPS) is 10.7. The molecular formula is C19H25NO2. The predicted octanol–water partition coefficient (Wildman–Crippen LogP) is 4.52. The first-order chi connectivity index (χ1) is 10.8. The smallest absolute Gasteiger partial charge is 0.137 e. The minimum absolute atomic E-state index is 0.515. The Bertz CT molecular complexity index is 521. The molecule has 0 N–H and O–H groups in total. The van der Waals surface area contributed by atoms with Gasteiger partial charge in [0.25, 0.3) is 0 Å². The van der Waals surface area contributed by atoms with Crippen molar-refractivity contribution < 1.29 is 9.47 Å². The van der Waals surface area contributed by atoms with Gasteiger partial charge in [0.1, 0.15) is 24.7 Å². The van der Waals surface area contributed by atoms with Gasteiger partial charge >= 0.3 is 0 Å². The molecule has 0 spiro atoms. The molecule has 22 heavy (non-hydrogen) atoms. The maximum atomic E-state index is 5.69. The molecular weight excluding hydrogens is 274 g/mol. The van der Waals surface area contributed by atoms with Crippen LogP contribution in [0.5, 0.6) is 11.5 Å². The topological polar surface area (TPSA) is 31.4 Å². The van der Waals surface area contributed by atoms with Gasteiger partial charge in [-0.25, -0.2) is 0 Å². The molecule has 0 saturated heterocycles. The molecule has 1 aromatic heterocycles. The largest absolute Gasteiger partial charge is 0.490 e. The Morgan fingerprint density at radius 2 is 1.59 bits per heavy atom. The molecule has 3 heteroatoms. The molecule has 0 aliphatic heterocycles. The van der Waals surface area contributed by atoms with Crippen molar-refractivity contribution in [3.63, 3.8) is 0 Å². The Kier molecular flexibility index (Phi) is 6.75. The van der Waals surface area contributed by atoms with Crippen LogP contribution in [0.25, 0.3) is 0 Å². The lowest BCUT2D eigenvalue weighted by Crippen LogP contribution is -2.09. The molecule has 1 aromatic carbocycles. The first-order valence-electron chi connectivity index (χ1n) is 8.06. The van der Waals surface area contributed by atoms with Crippen LogP contribution < -0.4 is 9.47 Å². The van der Waals surface area contributed by atoms with E-state index >= 15 is 0 Å². The summed E-state index contributed by atoms with van der Waals surface area (Å²) >= 11 is 0. The number of benzene rings is 1. The first kappa shape index (κ1) is 16.3. The number of nitrogens with zero attached hydrogens (tertiary/aromatic N) is 1. The summed E-state index contributed by atoms with van der Waals surface area (Å²) in [7, 11) is 0. The molecule has 3 nitrogen and oxygen atoms in total. The SMILES string of the molecule is CCC(CC)Cc1ccc(OCCOc2cccnc2)cc1. The van der Waals surface area contributed by atoms with Crippen molar-refractivity contribution in [2.75, 3.05) is 13.2 Å². The van der Waals surface area contributed by atoms with Crippen molar-refractivity contribution in [3.8, 4) is 11.5 Å². The molecule has 0 fully saturated rings. The third-order valence-electron chi connectivity index (χ3n) is 3.86. The summed E-state index contributed by atoms with van der Waals surface area (Å²) in [5, 5.41) is 0. The van der Waals surface area contributed by atoms with Crippen LogP contribution in [0.15, 0.2) is 48.8 Å². The van der Waals surface area contributed by atoms with Gasteiger partial charge in [-0.05, 0) is 42.2 Å². The highest BCUT2D eigenvalue weighted by molar-refractivity contribution is 5.27. The van der Waals surface area contributed by atoms with Crippen molar-refractivity contribution >= 4 is 0 Å². The van der Waals surface area contributed by atoms with Gasteiger partial charge in [0.15, 0.2) is 0 Å². The molecule has 0 bridgehead atoms. The van der Waals surface area contributed by atoms with Crippen molar-refractivity contribution in [2.24, 2.45) is 5.92 Å². The summed E-state index contributed by atoms with van der Waals surface area (Å²) in [6.07, 6.45) is 7.05. The van der Waals surface area contributed by atoms with Gasteiger partial charge in [0.2, 0.25) is 0 Å². The molecule has 0 saturated carbocycles. The minimum atomic E-state index is 0.515. The van der Waals surface area contributed by atoms with E-state index in [0.717, 1.165) is 23.8 Å². The molecule has 2 aromatic rings. The summed E-state index contributed by atoms with van der Waals surface area (Å²) in [5.74, 6) is 2.44. The zero-order chi connectivity index (χ0) is 15.6. The Balaban J connectivity index is 1.72. The zero-order valence-electron chi connectivity index (χ0n) is 13.5. The second-order valence-electron chi connectivity index (χ2n) is 5.42. The number of pyridine rings is 1. The summed E-state index contributed by atoms with van der Waals surface area (Å²) in [4.78, 5) is 4.00. The predicted molar refractivity (Wildman–Crippen MR) is 89.4 cm³/mol. The van der Waals surface area contributed by atoms with Crippen LogP contribution in [0.2, 0.25) is 0 Å². The second-order valence-corrected chi connectivity index (χ2v) is 5.42. The number of ether oxygens (including phenoxy) is 2. The molecule has 118 valence electrons. The Morgan fingerprint density at radius 3 is 2.18 bits per heavy atom. The molecule has 0 atom stereocenters. The van der Waals surface area contributed by atoms with Crippen LogP contribution in [-0.4, -0.2) is 18.2 Å². The molecule has 0 amide bonds. The molecule has 2 rings (SSSR count). The van der Waals surface area contributed by atoms with Crippen molar-refractivity contribution in [2.45, 2.75) is 33.1 Å². The second kappa shape index (κ2) is 9.08. The van der Waals surface area contributed by atoms with Crippen molar-refractivity contribution in [3.05, 3.63) is 54.4 Å². The van der Waals surface area contributed by atoms with E-state index in [1.807, 2.05) is 24.3 Å². The number of hydrogen-bond acceptors (Lipinski definition) is 3. The number of hydrogen-bond donors (Lipinski definition) is 0. The van der Waals surface area contributed by atoms with Gasteiger partial charge in [-0.2, -0.15) is 0 Å². The quantitative estimate of drug-likeness (QED) is 0.638. The maximum Gasteiger partial charge on any atom is 0.137 e. The fourth-order valence-corrected chi connectivity index (χ4v) is 2.38. The molecule has 0 unspecified atom stereocenters. The van der Waals surface area contributed by atoms with Gasteiger partial charge in [-0.1, -0.05) is 38.8 Å². The van der Waals surface area contributed by atoms with Gasteiger partial charge in [-0.3, -0.25) is 4.98 Å². The summed E-state index contributed by atoms with van der Waals surface area (Å²) in [5.41, 5.74) is 1.38. The summed E-state index contributed by atoms with van der Waals surface area (Å²) in [6.45, 7) is 5.56. The standard InChI is InChI=1S/C19H25NO2/c1-3-16(4-2)14-17-7-9-18(10-8-17)21-12-13-22-19-6-5-11-20-15-19/h5-11,15-16H,3-4,12-14H2,1-2H3. The molecule has 1 heterocycles.